The summed E-state index contributed by atoms with van der Waals surface area (Å²) >= 11 is 6.35. The Hall–Kier alpha value is -3.59. The van der Waals surface area contributed by atoms with E-state index in [0.717, 1.165) is 5.56 Å². The van der Waals surface area contributed by atoms with Crippen LogP contribution >= 0.6 is 11.6 Å². The van der Waals surface area contributed by atoms with Gasteiger partial charge in [0.1, 0.15) is 0 Å². The normalized spacial score (nSPS) is 11.6. The van der Waals surface area contributed by atoms with Crippen molar-refractivity contribution in [2.24, 2.45) is 5.10 Å². The number of rotatable bonds is 10. The molecule has 0 spiro atoms. The Morgan fingerprint density at radius 2 is 1.79 bits per heavy atom. The fourth-order valence-corrected chi connectivity index (χ4v) is 2.92. The Bertz CT molecular complexity index is 1040. The van der Waals surface area contributed by atoms with Gasteiger partial charge in [-0.15, -0.1) is 0 Å². The molecule has 1 atom stereocenters. The number of nitrogens with one attached hydrogen (secondary N) is 3. The van der Waals surface area contributed by atoms with Crippen LogP contribution in [0.3, 0.4) is 0 Å². The van der Waals surface area contributed by atoms with Crippen LogP contribution in [0.1, 0.15) is 38.3 Å². The number of carbonyl (C=O) groups is 3. The molecule has 2 rings (SSSR count). The Labute approximate surface area is 203 Å². The van der Waals surface area contributed by atoms with E-state index in [1.165, 1.54) is 12.3 Å². The predicted molar refractivity (Wildman–Crippen MR) is 132 cm³/mol. The molecule has 9 nitrogen and oxygen atoms in total. The molecule has 0 aliphatic carbocycles. The quantitative estimate of drug-likeness (QED) is 0.269. The maximum atomic E-state index is 12.3. The molecule has 2 aromatic rings. The summed E-state index contributed by atoms with van der Waals surface area (Å²) in [6, 6.07) is 10.4. The average Bonchev–Trinajstić information content (AvgIpc) is 2.80. The maximum absolute atomic E-state index is 12.3. The number of hydrogen-bond acceptors (Lipinski definition) is 6. The molecule has 0 heterocycles. The van der Waals surface area contributed by atoms with Crippen LogP contribution in [0, 0.1) is 6.92 Å². The topological polar surface area (TPSA) is 118 Å². The molecule has 0 aliphatic heterocycles. The van der Waals surface area contributed by atoms with Crippen LogP contribution in [0.5, 0.6) is 11.5 Å². The molecule has 10 heteroatoms. The lowest BCUT2D eigenvalue weighted by molar-refractivity contribution is -0.139. The van der Waals surface area contributed by atoms with Crippen LogP contribution in [0.15, 0.2) is 41.5 Å². The summed E-state index contributed by atoms with van der Waals surface area (Å²) in [5.74, 6) is -1.50. The molecule has 0 fully saturated rings. The molecule has 3 N–H and O–H groups in total. The summed E-state index contributed by atoms with van der Waals surface area (Å²) in [5.41, 5.74) is 4.39. The van der Waals surface area contributed by atoms with Gasteiger partial charge in [-0.25, -0.2) is 5.43 Å². The number of halogens is 1. The third kappa shape index (κ3) is 8.40. The van der Waals surface area contributed by atoms with E-state index >= 15 is 0 Å². The standard InChI is InChI=1S/C24H29ClN4O5/c1-5-16(4)27-23(31)24(32)29-26-13-17-11-19(25)22(20(12-17)33-6-2)34-14-21(30)28-18-9-7-15(3)8-10-18/h7-13,16H,5-6,14H2,1-4H3,(H,27,31)(H,28,30)(H,29,32)/b26-13-/t16-/m1/s1. The van der Waals surface area contributed by atoms with Crippen molar-refractivity contribution in [3.8, 4) is 11.5 Å². The fraction of sp³-hybridized carbons (Fsp3) is 0.333. The van der Waals surface area contributed by atoms with Crippen molar-refractivity contribution < 1.29 is 23.9 Å². The minimum Gasteiger partial charge on any atom is -0.490 e. The number of ether oxygens (including phenoxy) is 2. The zero-order chi connectivity index (χ0) is 25.1. The minimum absolute atomic E-state index is 0.124. The number of hydrogen-bond donors (Lipinski definition) is 3. The van der Waals surface area contributed by atoms with E-state index in [0.29, 0.717) is 30.0 Å². The molecule has 0 bridgehead atoms. The van der Waals surface area contributed by atoms with Crippen LogP contribution < -0.4 is 25.5 Å². The first-order valence-electron chi connectivity index (χ1n) is 10.8. The molecule has 0 aliphatic rings. The highest BCUT2D eigenvalue weighted by Crippen LogP contribution is 2.36. The molecule has 0 unspecified atom stereocenters. The monoisotopic (exact) mass is 488 g/mol. The predicted octanol–water partition coefficient (Wildman–Crippen LogP) is 3.43. The fourth-order valence-electron chi connectivity index (χ4n) is 2.64. The van der Waals surface area contributed by atoms with E-state index in [4.69, 9.17) is 21.1 Å². The third-order valence-electron chi connectivity index (χ3n) is 4.59. The van der Waals surface area contributed by atoms with Crippen LogP contribution in [-0.2, 0) is 14.4 Å². The lowest BCUT2D eigenvalue weighted by atomic mass is 10.2. The first kappa shape index (κ1) is 26.7. The summed E-state index contributed by atoms with van der Waals surface area (Å²) in [5, 5.41) is 9.27. The van der Waals surface area contributed by atoms with E-state index in [1.807, 2.05) is 26.0 Å². The van der Waals surface area contributed by atoms with Crippen molar-refractivity contribution in [3.05, 3.63) is 52.5 Å². The van der Waals surface area contributed by atoms with E-state index in [2.05, 4.69) is 21.2 Å². The molecule has 0 saturated heterocycles. The maximum Gasteiger partial charge on any atom is 0.329 e. The van der Waals surface area contributed by atoms with E-state index in [1.54, 1.807) is 32.0 Å². The van der Waals surface area contributed by atoms with Crippen LogP contribution in [-0.4, -0.2) is 43.2 Å². The van der Waals surface area contributed by atoms with Gasteiger partial charge < -0.3 is 20.1 Å². The second-order valence-electron chi connectivity index (χ2n) is 7.45. The van der Waals surface area contributed by atoms with Crippen LogP contribution in [0.2, 0.25) is 5.02 Å². The van der Waals surface area contributed by atoms with Gasteiger partial charge in [-0.1, -0.05) is 36.2 Å². The van der Waals surface area contributed by atoms with Gasteiger partial charge in [0.2, 0.25) is 0 Å². The van der Waals surface area contributed by atoms with Gasteiger partial charge >= 0.3 is 11.8 Å². The molecule has 34 heavy (non-hydrogen) atoms. The van der Waals surface area contributed by atoms with E-state index < -0.39 is 11.8 Å². The highest BCUT2D eigenvalue weighted by molar-refractivity contribution is 6.35. The van der Waals surface area contributed by atoms with E-state index in [-0.39, 0.29) is 29.3 Å². The van der Waals surface area contributed by atoms with Gasteiger partial charge in [-0.3, -0.25) is 14.4 Å². The highest BCUT2D eigenvalue weighted by Gasteiger charge is 2.16. The smallest absolute Gasteiger partial charge is 0.329 e. The summed E-state index contributed by atoms with van der Waals surface area (Å²) < 4.78 is 11.2. The SMILES string of the molecule is CCOc1cc(/C=N\NC(=O)C(=O)N[C@H](C)CC)cc(Cl)c1OCC(=O)Nc1ccc(C)cc1. The van der Waals surface area contributed by atoms with Gasteiger partial charge in [0, 0.05) is 11.7 Å². The largest absolute Gasteiger partial charge is 0.490 e. The number of anilines is 1. The zero-order valence-corrected chi connectivity index (χ0v) is 20.4. The first-order valence-corrected chi connectivity index (χ1v) is 11.2. The number of amides is 3. The molecule has 3 amide bonds. The molecular weight excluding hydrogens is 460 g/mol. The van der Waals surface area contributed by atoms with Crippen molar-refractivity contribution in [1.82, 2.24) is 10.7 Å². The van der Waals surface area contributed by atoms with Gasteiger partial charge in [0.05, 0.1) is 17.8 Å². The lowest BCUT2D eigenvalue weighted by Crippen LogP contribution is -2.41. The minimum atomic E-state index is -0.882. The Kier molecular flexibility index (Phi) is 10.3. The number of hydrazone groups is 1. The summed E-state index contributed by atoms with van der Waals surface area (Å²) in [4.78, 5) is 35.8. The van der Waals surface area contributed by atoms with Crippen LogP contribution in [0.4, 0.5) is 5.69 Å². The second-order valence-corrected chi connectivity index (χ2v) is 7.85. The van der Waals surface area contributed by atoms with Gasteiger partial charge in [0.25, 0.3) is 5.91 Å². The van der Waals surface area contributed by atoms with Gasteiger partial charge in [-0.05, 0) is 57.0 Å². The molecular formula is C24H29ClN4O5. The molecule has 182 valence electrons. The summed E-state index contributed by atoms with van der Waals surface area (Å²) in [7, 11) is 0. The zero-order valence-electron chi connectivity index (χ0n) is 19.6. The third-order valence-corrected chi connectivity index (χ3v) is 4.87. The number of nitrogens with zero attached hydrogens (tertiary/aromatic N) is 1. The number of carbonyl (C=O) groups excluding carboxylic acids is 3. The van der Waals surface area contributed by atoms with Gasteiger partial charge in [0.15, 0.2) is 18.1 Å². The number of aryl methyl sites for hydroxylation is 1. The van der Waals surface area contributed by atoms with Crippen molar-refractivity contribution >= 4 is 41.2 Å². The summed E-state index contributed by atoms with van der Waals surface area (Å²) in [6.45, 7) is 7.49. The molecule has 0 radical (unpaired) electrons. The first-order chi connectivity index (χ1) is 16.2. The molecule has 2 aromatic carbocycles. The van der Waals surface area contributed by atoms with Crippen LogP contribution in [0.25, 0.3) is 0 Å². The Morgan fingerprint density at radius 3 is 2.44 bits per heavy atom. The lowest BCUT2D eigenvalue weighted by Gasteiger charge is -2.14. The Balaban J connectivity index is 2.03. The number of benzene rings is 2. The summed E-state index contributed by atoms with van der Waals surface area (Å²) in [6.07, 6.45) is 2.01. The van der Waals surface area contributed by atoms with Crippen molar-refractivity contribution in [1.29, 1.82) is 0 Å². The van der Waals surface area contributed by atoms with Crippen molar-refractivity contribution in [2.45, 2.75) is 40.2 Å². The average molecular weight is 489 g/mol. The van der Waals surface area contributed by atoms with Gasteiger partial charge in [-0.2, -0.15) is 5.10 Å². The molecule has 0 saturated carbocycles. The second kappa shape index (κ2) is 13.2. The Morgan fingerprint density at radius 1 is 1.09 bits per heavy atom. The van der Waals surface area contributed by atoms with Crippen molar-refractivity contribution in [2.75, 3.05) is 18.5 Å². The van der Waals surface area contributed by atoms with E-state index in [9.17, 15) is 14.4 Å². The highest BCUT2D eigenvalue weighted by atomic mass is 35.5. The van der Waals surface area contributed by atoms with Crippen molar-refractivity contribution in [3.63, 3.8) is 0 Å². The molecule has 0 aromatic heterocycles.